The minimum atomic E-state index is -1.54. The van der Waals surface area contributed by atoms with E-state index in [0.29, 0.717) is 13.0 Å². The van der Waals surface area contributed by atoms with E-state index in [9.17, 15) is 25.2 Å². The second-order valence-corrected chi connectivity index (χ2v) is 20.8. The van der Waals surface area contributed by atoms with Gasteiger partial charge in [0, 0.05) is 13.0 Å². The van der Waals surface area contributed by atoms with E-state index in [1.807, 2.05) is 0 Å². The Morgan fingerprint density at radius 2 is 0.824 bits per heavy atom. The monoisotopic (exact) mass is 1040 g/mol. The molecule has 0 aliphatic carbocycles. The first-order valence-corrected chi connectivity index (χ1v) is 30.7. The molecular formula is C65H114O9. The van der Waals surface area contributed by atoms with Crippen molar-refractivity contribution in [2.24, 2.45) is 0 Å². The highest BCUT2D eigenvalue weighted by molar-refractivity contribution is 5.69. The van der Waals surface area contributed by atoms with E-state index in [1.54, 1.807) is 0 Å². The molecule has 1 aliphatic heterocycles. The first-order valence-electron chi connectivity index (χ1n) is 30.7. The number of esters is 1. The number of carbonyl (C=O) groups excluding carboxylic acids is 1. The van der Waals surface area contributed by atoms with Gasteiger partial charge >= 0.3 is 5.97 Å². The van der Waals surface area contributed by atoms with Crippen molar-refractivity contribution in [3.8, 4) is 0 Å². The summed E-state index contributed by atoms with van der Waals surface area (Å²) in [5, 5.41) is 40.4. The van der Waals surface area contributed by atoms with E-state index < -0.39 is 43.4 Å². The molecule has 1 saturated heterocycles. The van der Waals surface area contributed by atoms with E-state index in [1.165, 1.54) is 154 Å². The second-order valence-electron chi connectivity index (χ2n) is 20.8. The zero-order valence-electron chi connectivity index (χ0n) is 47.6. The summed E-state index contributed by atoms with van der Waals surface area (Å²) in [6, 6.07) is 0. The number of carbonyl (C=O) groups is 1. The summed E-state index contributed by atoms with van der Waals surface area (Å²) in [5.41, 5.74) is 0. The fourth-order valence-corrected chi connectivity index (χ4v) is 9.08. The van der Waals surface area contributed by atoms with Gasteiger partial charge in [0.1, 0.15) is 30.5 Å². The first kappa shape index (κ1) is 69.4. The molecule has 9 nitrogen and oxygen atoms in total. The Balaban J connectivity index is 2.15. The number of aliphatic hydroxyl groups is 4. The van der Waals surface area contributed by atoms with Crippen molar-refractivity contribution >= 4 is 5.97 Å². The van der Waals surface area contributed by atoms with Gasteiger partial charge in [0.2, 0.25) is 0 Å². The predicted octanol–water partition coefficient (Wildman–Crippen LogP) is 16.5. The lowest BCUT2D eigenvalue weighted by atomic mass is 9.99. The quantitative estimate of drug-likeness (QED) is 0.0267. The molecule has 1 rings (SSSR count). The molecule has 74 heavy (non-hydrogen) atoms. The molecule has 0 bridgehead atoms. The van der Waals surface area contributed by atoms with Gasteiger partial charge in [0.15, 0.2) is 6.29 Å². The lowest BCUT2D eigenvalue weighted by Gasteiger charge is -2.39. The average molecular weight is 1040 g/mol. The molecule has 0 amide bonds. The third-order valence-corrected chi connectivity index (χ3v) is 13.8. The van der Waals surface area contributed by atoms with Gasteiger partial charge in [-0.1, -0.05) is 247 Å². The standard InChI is InChI=1S/C65H114O9/c1-3-5-7-9-11-13-15-17-19-21-23-25-27-29-31-33-35-37-39-41-43-45-47-49-51-53-55-71-57-59(58-72-65-64(70)63(69)62(68)60(56-66)74-65)73-61(67)54-52-50-48-46-44-42-40-38-36-34-32-30-28-26-24-22-20-18-16-14-12-10-8-6-4-2/h5,7,11,13,17,19,22-25,29,31,35,37,59-60,62-66,68-70H,3-4,6,8-10,12,14-16,18,20-21,26-28,30,32-34,36,38-58H2,1-2H3/b7-5-,13-11-,19-17-,24-22-,25-23-,31-29-,37-35-. The van der Waals surface area contributed by atoms with Crippen LogP contribution in [0.1, 0.15) is 258 Å². The molecule has 0 aromatic carbocycles. The smallest absolute Gasteiger partial charge is 0.306 e. The van der Waals surface area contributed by atoms with E-state index >= 15 is 0 Å². The van der Waals surface area contributed by atoms with Crippen LogP contribution in [-0.2, 0) is 23.7 Å². The van der Waals surface area contributed by atoms with Crippen LogP contribution in [0.25, 0.3) is 0 Å². The third-order valence-electron chi connectivity index (χ3n) is 13.8. The molecular weight excluding hydrogens is 925 g/mol. The Morgan fingerprint density at radius 1 is 0.446 bits per heavy atom. The molecule has 0 aromatic heterocycles. The maximum Gasteiger partial charge on any atom is 0.306 e. The molecule has 4 N–H and O–H groups in total. The summed E-state index contributed by atoms with van der Waals surface area (Å²) in [6.07, 6.45) is 69.2. The topological polar surface area (TPSA) is 135 Å². The number of hydrogen-bond acceptors (Lipinski definition) is 9. The molecule has 1 fully saturated rings. The number of rotatable bonds is 53. The highest BCUT2D eigenvalue weighted by atomic mass is 16.7. The van der Waals surface area contributed by atoms with Gasteiger partial charge in [-0.3, -0.25) is 4.79 Å². The van der Waals surface area contributed by atoms with Crippen LogP contribution >= 0.6 is 0 Å². The number of allylic oxidation sites excluding steroid dienone is 14. The largest absolute Gasteiger partial charge is 0.457 e. The molecule has 6 unspecified atom stereocenters. The minimum Gasteiger partial charge on any atom is -0.457 e. The summed E-state index contributed by atoms with van der Waals surface area (Å²) in [4.78, 5) is 12.9. The summed E-state index contributed by atoms with van der Waals surface area (Å²) in [7, 11) is 0. The summed E-state index contributed by atoms with van der Waals surface area (Å²) >= 11 is 0. The second kappa shape index (κ2) is 55.1. The van der Waals surface area contributed by atoms with Gasteiger partial charge in [-0.05, 0) is 89.9 Å². The fraction of sp³-hybridized carbons (Fsp3) is 0.769. The van der Waals surface area contributed by atoms with Crippen LogP contribution in [0.15, 0.2) is 85.1 Å². The minimum absolute atomic E-state index is 0.121. The Hall–Kier alpha value is -2.63. The van der Waals surface area contributed by atoms with Crippen LogP contribution in [-0.4, -0.2) is 89.6 Å². The van der Waals surface area contributed by atoms with E-state index in [4.69, 9.17) is 18.9 Å². The normalized spacial score (nSPS) is 19.1. The zero-order chi connectivity index (χ0) is 53.5. The van der Waals surface area contributed by atoms with Crippen molar-refractivity contribution in [3.63, 3.8) is 0 Å². The van der Waals surface area contributed by atoms with Gasteiger partial charge in [0.05, 0.1) is 19.8 Å². The Morgan fingerprint density at radius 3 is 1.26 bits per heavy atom. The van der Waals surface area contributed by atoms with Crippen LogP contribution in [0.3, 0.4) is 0 Å². The van der Waals surface area contributed by atoms with Crippen LogP contribution in [0, 0.1) is 0 Å². The van der Waals surface area contributed by atoms with E-state index in [2.05, 4.69) is 98.9 Å². The Bertz CT molecular complexity index is 1420. The summed E-state index contributed by atoms with van der Waals surface area (Å²) in [6.45, 7) is 4.44. The lowest BCUT2D eigenvalue weighted by molar-refractivity contribution is -0.305. The summed E-state index contributed by atoms with van der Waals surface area (Å²) < 4.78 is 23.0. The van der Waals surface area contributed by atoms with E-state index in [-0.39, 0.29) is 19.2 Å². The van der Waals surface area contributed by atoms with Crippen molar-refractivity contribution in [3.05, 3.63) is 85.1 Å². The zero-order valence-corrected chi connectivity index (χ0v) is 47.6. The average Bonchev–Trinajstić information content (AvgIpc) is 3.40. The van der Waals surface area contributed by atoms with Crippen molar-refractivity contribution in [2.45, 2.75) is 295 Å². The maximum absolute atomic E-state index is 12.9. The van der Waals surface area contributed by atoms with E-state index in [0.717, 1.165) is 83.5 Å². The van der Waals surface area contributed by atoms with Crippen LogP contribution in [0.4, 0.5) is 0 Å². The molecule has 428 valence electrons. The molecule has 0 spiro atoms. The molecule has 1 heterocycles. The molecule has 0 aromatic rings. The molecule has 6 atom stereocenters. The Labute approximate surface area is 454 Å². The van der Waals surface area contributed by atoms with Crippen molar-refractivity contribution < 1.29 is 44.2 Å². The highest BCUT2D eigenvalue weighted by Crippen LogP contribution is 2.23. The number of aliphatic hydroxyl groups excluding tert-OH is 4. The molecule has 1 aliphatic rings. The maximum atomic E-state index is 12.9. The first-order chi connectivity index (χ1) is 36.4. The van der Waals surface area contributed by atoms with Crippen molar-refractivity contribution in [2.75, 3.05) is 26.4 Å². The van der Waals surface area contributed by atoms with Crippen LogP contribution in [0.5, 0.6) is 0 Å². The van der Waals surface area contributed by atoms with Gasteiger partial charge < -0.3 is 39.4 Å². The molecule has 9 heteroatoms. The molecule has 0 radical (unpaired) electrons. The van der Waals surface area contributed by atoms with Crippen LogP contribution in [0.2, 0.25) is 0 Å². The Kier molecular flexibility index (Phi) is 51.7. The van der Waals surface area contributed by atoms with Crippen molar-refractivity contribution in [1.82, 2.24) is 0 Å². The summed E-state index contributed by atoms with van der Waals surface area (Å²) in [5.74, 6) is -0.317. The number of ether oxygens (including phenoxy) is 4. The van der Waals surface area contributed by atoms with Gasteiger partial charge in [-0.2, -0.15) is 0 Å². The fourth-order valence-electron chi connectivity index (χ4n) is 9.08. The third kappa shape index (κ3) is 44.5. The predicted molar refractivity (Wildman–Crippen MR) is 311 cm³/mol. The number of unbranched alkanes of at least 4 members (excludes halogenated alkanes) is 28. The lowest BCUT2D eigenvalue weighted by Crippen LogP contribution is -2.59. The highest BCUT2D eigenvalue weighted by Gasteiger charge is 2.44. The van der Waals surface area contributed by atoms with Gasteiger partial charge in [-0.15, -0.1) is 0 Å². The SMILES string of the molecule is CC/C=C\C/C=C\C/C=C\C/C=C\C/C=C\C/C=C\CCCCCCCCCOCC(COC1OC(CO)C(O)C(O)C1O)OC(=O)CCCCCCCCCCCCCCC/C=C\CCCCCCCCCC. The van der Waals surface area contributed by atoms with Gasteiger partial charge in [0.25, 0.3) is 0 Å². The molecule has 0 saturated carbocycles. The van der Waals surface area contributed by atoms with Crippen molar-refractivity contribution in [1.29, 1.82) is 0 Å². The number of hydrogen-bond donors (Lipinski definition) is 4. The van der Waals surface area contributed by atoms with Gasteiger partial charge in [-0.25, -0.2) is 0 Å². The van der Waals surface area contributed by atoms with Crippen LogP contribution < -0.4 is 0 Å².